The number of imidazole rings is 1. The van der Waals surface area contributed by atoms with E-state index < -0.39 is 6.10 Å². The Kier molecular flexibility index (Phi) is 6.04. The van der Waals surface area contributed by atoms with Crippen LogP contribution in [-0.4, -0.2) is 27.1 Å². The predicted molar refractivity (Wildman–Crippen MR) is 106 cm³/mol. The fourth-order valence-electron chi connectivity index (χ4n) is 2.99. The fraction of sp³-hybridized carbons (Fsp3) is 0.273. The fourth-order valence-corrected chi connectivity index (χ4v) is 2.99. The number of aromatic nitrogens is 2. The van der Waals surface area contributed by atoms with E-state index in [1.807, 2.05) is 61.7 Å². The highest BCUT2D eigenvalue weighted by Gasteiger charge is 2.07. The third-order valence-electron chi connectivity index (χ3n) is 4.63. The van der Waals surface area contributed by atoms with E-state index in [0.29, 0.717) is 12.1 Å². The van der Waals surface area contributed by atoms with Crippen molar-refractivity contribution < 1.29 is 9.90 Å². The van der Waals surface area contributed by atoms with Crippen molar-refractivity contribution in [3.8, 4) is 11.1 Å². The molecule has 2 aromatic carbocycles. The van der Waals surface area contributed by atoms with Crippen molar-refractivity contribution in [3.05, 3.63) is 77.9 Å². The first-order valence-corrected chi connectivity index (χ1v) is 9.19. The molecule has 0 spiro atoms. The summed E-state index contributed by atoms with van der Waals surface area (Å²) in [5.74, 6) is 0.915. The summed E-state index contributed by atoms with van der Waals surface area (Å²) >= 11 is 0. The van der Waals surface area contributed by atoms with E-state index in [-0.39, 0.29) is 5.91 Å². The molecular formula is C22H25N3O2. The van der Waals surface area contributed by atoms with Crippen molar-refractivity contribution in [2.24, 2.45) is 0 Å². The van der Waals surface area contributed by atoms with Crippen LogP contribution in [0.15, 0.2) is 60.9 Å². The monoisotopic (exact) mass is 363 g/mol. The lowest BCUT2D eigenvalue weighted by Gasteiger charge is -2.09. The Bertz CT molecular complexity index is 898. The largest absolute Gasteiger partial charge is 0.389 e. The minimum absolute atomic E-state index is 0.0679. The van der Waals surface area contributed by atoms with Gasteiger partial charge in [0.05, 0.1) is 6.10 Å². The summed E-state index contributed by atoms with van der Waals surface area (Å²) in [4.78, 5) is 16.5. The number of hydrogen-bond acceptors (Lipinski definition) is 3. The maximum absolute atomic E-state index is 12.3. The number of amides is 1. The van der Waals surface area contributed by atoms with Gasteiger partial charge in [-0.3, -0.25) is 4.79 Å². The third kappa shape index (κ3) is 4.83. The first-order chi connectivity index (χ1) is 13.0. The molecule has 1 heterocycles. The van der Waals surface area contributed by atoms with Gasteiger partial charge in [0, 0.05) is 31.0 Å². The topological polar surface area (TPSA) is 67.2 Å². The Balaban J connectivity index is 1.55. The zero-order valence-corrected chi connectivity index (χ0v) is 15.7. The second-order valence-electron chi connectivity index (χ2n) is 6.66. The highest BCUT2D eigenvalue weighted by molar-refractivity contribution is 5.94. The summed E-state index contributed by atoms with van der Waals surface area (Å²) in [6.45, 7) is 5.18. The van der Waals surface area contributed by atoms with Crippen LogP contribution in [0.3, 0.4) is 0 Å². The van der Waals surface area contributed by atoms with Gasteiger partial charge in [-0.05, 0) is 55.2 Å². The Labute approximate surface area is 159 Å². The molecule has 140 valence electrons. The van der Waals surface area contributed by atoms with E-state index in [9.17, 15) is 9.90 Å². The van der Waals surface area contributed by atoms with Gasteiger partial charge in [-0.1, -0.05) is 30.3 Å². The summed E-state index contributed by atoms with van der Waals surface area (Å²) in [6, 6.07) is 15.3. The quantitative estimate of drug-likeness (QED) is 0.629. The number of nitrogens with zero attached hydrogens (tertiary/aromatic N) is 2. The Hall–Kier alpha value is -2.92. The molecule has 3 aromatic rings. The molecule has 2 N–H and O–H groups in total. The van der Waals surface area contributed by atoms with Crippen LogP contribution in [0.5, 0.6) is 0 Å². The zero-order valence-electron chi connectivity index (χ0n) is 15.7. The molecule has 0 aliphatic rings. The number of aryl methyl sites for hydroxylation is 2. The number of benzene rings is 2. The van der Waals surface area contributed by atoms with Gasteiger partial charge in [-0.2, -0.15) is 0 Å². The van der Waals surface area contributed by atoms with Crippen molar-refractivity contribution in [1.82, 2.24) is 14.9 Å². The highest BCUT2D eigenvalue weighted by atomic mass is 16.3. The van der Waals surface area contributed by atoms with Crippen LogP contribution in [0.2, 0.25) is 0 Å². The number of aliphatic hydroxyl groups excluding tert-OH is 1. The Morgan fingerprint density at radius 3 is 2.63 bits per heavy atom. The van der Waals surface area contributed by atoms with Crippen LogP contribution >= 0.6 is 0 Å². The smallest absolute Gasteiger partial charge is 0.251 e. The van der Waals surface area contributed by atoms with Crippen LogP contribution in [-0.2, 0) is 6.54 Å². The first kappa shape index (κ1) is 18.9. The molecule has 1 atom stereocenters. The first-order valence-electron chi connectivity index (χ1n) is 9.19. The molecule has 0 saturated heterocycles. The van der Waals surface area contributed by atoms with Crippen molar-refractivity contribution in [2.75, 3.05) is 6.54 Å². The molecule has 0 saturated carbocycles. The van der Waals surface area contributed by atoms with E-state index in [1.165, 1.54) is 0 Å². The van der Waals surface area contributed by atoms with E-state index in [4.69, 9.17) is 0 Å². The second-order valence-corrected chi connectivity index (χ2v) is 6.66. The van der Waals surface area contributed by atoms with Gasteiger partial charge in [0.15, 0.2) is 0 Å². The normalized spacial score (nSPS) is 12.0. The summed E-state index contributed by atoms with van der Waals surface area (Å²) in [7, 11) is 0. The Morgan fingerprint density at radius 2 is 1.96 bits per heavy atom. The molecule has 27 heavy (non-hydrogen) atoms. The number of rotatable bonds is 7. The summed E-state index contributed by atoms with van der Waals surface area (Å²) in [5, 5.41) is 12.7. The lowest BCUT2D eigenvalue weighted by Crippen LogP contribution is -2.25. The van der Waals surface area contributed by atoms with Crippen LogP contribution in [0, 0.1) is 6.92 Å². The van der Waals surface area contributed by atoms with Crippen LogP contribution < -0.4 is 5.32 Å². The molecule has 5 nitrogen and oxygen atoms in total. The van der Waals surface area contributed by atoms with Crippen molar-refractivity contribution in [2.45, 2.75) is 32.9 Å². The number of nitrogens with one attached hydrogen (secondary N) is 1. The molecule has 1 aromatic heterocycles. The van der Waals surface area contributed by atoms with Gasteiger partial charge in [0.1, 0.15) is 5.82 Å². The van der Waals surface area contributed by atoms with Gasteiger partial charge in [0.2, 0.25) is 0 Å². The van der Waals surface area contributed by atoms with E-state index in [0.717, 1.165) is 35.5 Å². The average molecular weight is 363 g/mol. The summed E-state index contributed by atoms with van der Waals surface area (Å²) < 4.78 is 2.07. The van der Waals surface area contributed by atoms with Gasteiger partial charge in [-0.25, -0.2) is 4.98 Å². The second kappa shape index (κ2) is 8.64. The van der Waals surface area contributed by atoms with Gasteiger partial charge in [0.25, 0.3) is 5.91 Å². The molecule has 0 fully saturated rings. The summed E-state index contributed by atoms with van der Waals surface area (Å²) in [5.41, 5.74) is 3.56. The van der Waals surface area contributed by atoms with Gasteiger partial charge in [-0.15, -0.1) is 0 Å². The molecule has 5 heteroatoms. The number of hydrogen-bond donors (Lipinski definition) is 2. The van der Waals surface area contributed by atoms with Crippen LogP contribution in [0.4, 0.5) is 0 Å². The number of carbonyl (C=O) groups excluding carboxylic acids is 1. The lowest BCUT2D eigenvalue weighted by atomic mass is 10.00. The van der Waals surface area contributed by atoms with Crippen molar-refractivity contribution in [1.29, 1.82) is 0 Å². The molecule has 0 radical (unpaired) electrons. The summed E-state index contributed by atoms with van der Waals surface area (Å²) in [6.07, 6.45) is 4.09. The SMILES string of the molecule is Cc1nccn1CCCNC(=O)c1ccc(-c2cccc([C@@H](C)O)c2)cc1. The standard InChI is InChI=1S/C22H25N3O2/c1-16(26)20-5-3-6-21(15-20)18-7-9-19(10-8-18)22(27)24-11-4-13-25-14-12-23-17(25)2/h3,5-10,12,14-16,26H,4,11,13H2,1-2H3,(H,24,27)/t16-/m1/s1. The average Bonchev–Trinajstić information content (AvgIpc) is 3.10. The van der Waals surface area contributed by atoms with E-state index in [2.05, 4.69) is 14.9 Å². The molecular weight excluding hydrogens is 338 g/mol. The Morgan fingerprint density at radius 1 is 1.19 bits per heavy atom. The van der Waals surface area contributed by atoms with Crippen molar-refractivity contribution in [3.63, 3.8) is 0 Å². The lowest BCUT2D eigenvalue weighted by molar-refractivity contribution is 0.0952. The molecule has 3 rings (SSSR count). The highest BCUT2D eigenvalue weighted by Crippen LogP contribution is 2.23. The molecule has 0 bridgehead atoms. The zero-order chi connectivity index (χ0) is 19.2. The minimum Gasteiger partial charge on any atom is -0.389 e. The minimum atomic E-state index is -0.499. The van der Waals surface area contributed by atoms with Crippen molar-refractivity contribution >= 4 is 5.91 Å². The van der Waals surface area contributed by atoms with Gasteiger partial charge < -0.3 is 15.0 Å². The van der Waals surface area contributed by atoms with E-state index >= 15 is 0 Å². The molecule has 0 aliphatic heterocycles. The van der Waals surface area contributed by atoms with Gasteiger partial charge >= 0.3 is 0 Å². The van der Waals surface area contributed by atoms with E-state index in [1.54, 1.807) is 13.1 Å². The number of carbonyl (C=O) groups is 1. The number of aliphatic hydroxyl groups is 1. The predicted octanol–water partition coefficient (Wildman–Crippen LogP) is 3.73. The molecule has 1 amide bonds. The molecule has 0 aliphatic carbocycles. The maximum atomic E-state index is 12.3. The maximum Gasteiger partial charge on any atom is 0.251 e. The third-order valence-corrected chi connectivity index (χ3v) is 4.63. The van der Waals surface area contributed by atoms with Crippen LogP contribution in [0.25, 0.3) is 11.1 Å². The molecule has 0 unspecified atom stereocenters. The van der Waals surface area contributed by atoms with Crippen LogP contribution in [0.1, 0.15) is 41.2 Å².